The van der Waals surface area contributed by atoms with Gasteiger partial charge in [0.1, 0.15) is 5.78 Å². The Balaban J connectivity index is 0.730. The summed E-state index contributed by atoms with van der Waals surface area (Å²) < 4.78 is 122. The molecule has 3 amide bonds. The maximum Gasteiger partial charge on any atom is 0.307 e. The quantitative estimate of drug-likeness (QED) is 0.0165. The third-order valence-electron chi connectivity index (χ3n) is 21.1. The molecule has 9 rings (SSSR count). The number of carbonyl (C=O) groups excluding carboxylic acids is 4. The van der Waals surface area contributed by atoms with Crippen LogP contribution in [0.5, 0.6) is 0 Å². The summed E-state index contributed by atoms with van der Waals surface area (Å²) in [6.45, 7) is 4.29. The van der Waals surface area contributed by atoms with Gasteiger partial charge in [-0.15, -0.1) is 0 Å². The molecule has 8 N–H and O–H groups in total. The van der Waals surface area contributed by atoms with Gasteiger partial charge in [0, 0.05) is 159 Å². The van der Waals surface area contributed by atoms with Crippen LogP contribution in [0.1, 0.15) is 126 Å². The lowest BCUT2D eigenvalue weighted by atomic mass is 9.70. The lowest BCUT2D eigenvalue weighted by Gasteiger charge is -2.34. The maximum absolute atomic E-state index is 14.1. The molecule has 0 saturated carbocycles. The van der Waals surface area contributed by atoms with Crippen LogP contribution in [0.4, 0.5) is 0 Å². The summed E-state index contributed by atoms with van der Waals surface area (Å²) in [4.78, 5) is 85.6. The van der Waals surface area contributed by atoms with E-state index >= 15 is 0 Å². The van der Waals surface area contributed by atoms with E-state index in [0.29, 0.717) is 69.4 Å². The molecular formula is C83H105Cl6N9O20S3. The molecule has 662 valence electrons. The van der Waals surface area contributed by atoms with Gasteiger partial charge in [-0.1, -0.05) is 106 Å². The number of Topliss-reactive ketones (excluding diaryl/α,β-unsaturated/α-hetero) is 1. The first-order valence-corrected chi connectivity index (χ1v) is 46.4. The fourth-order valence-electron chi connectivity index (χ4n) is 15.1. The van der Waals surface area contributed by atoms with Crippen molar-refractivity contribution in [2.24, 2.45) is 11.3 Å². The Morgan fingerprint density at radius 1 is 0.413 bits per heavy atom. The number of sulfonamides is 3. The zero-order valence-corrected chi connectivity index (χ0v) is 74.6. The Kier molecular flexibility index (Phi) is 38.7. The molecule has 29 nitrogen and oxygen atoms in total. The number of aliphatic carboxylic acids is 2. The average molecular weight is 1860 g/mol. The Hall–Kier alpha value is -6.55. The third-order valence-corrected chi connectivity index (χ3v) is 27.1. The molecule has 3 aliphatic rings. The average Bonchev–Trinajstić information content (AvgIpc) is 0.780. The number of hydrogen-bond acceptors (Lipinski definition) is 21. The minimum atomic E-state index is -3.94. The summed E-state index contributed by atoms with van der Waals surface area (Å²) in [5.74, 6) is -7.25. The van der Waals surface area contributed by atoms with Crippen LogP contribution in [-0.2, 0) is 107 Å². The van der Waals surface area contributed by atoms with Gasteiger partial charge in [0.05, 0.1) is 106 Å². The van der Waals surface area contributed by atoms with E-state index in [9.17, 15) is 64.2 Å². The first-order chi connectivity index (χ1) is 57.7. The smallest absolute Gasteiger partial charge is 0.307 e. The zero-order valence-electron chi connectivity index (χ0n) is 67.6. The number of carboxylic acid groups (broad SMARTS) is 2. The molecule has 0 aliphatic carbocycles. The van der Waals surface area contributed by atoms with E-state index in [1.807, 2.05) is 57.5 Å². The Labute approximate surface area is 737 Å². The number of carbonyl (C=O) groups is 6. The van der Waals surface area contributed by atoms with Crippen LogP contribution in [0, 0.1) is 11.3 Å². The summed E-state index contributed by atoms with van der Waals surface area (Å²) >= 11 is 38.9. The highest BCUT2D eigenvalue weighted by Gasteiger charge is 2.38. The molecule has 38 heteroatoms. The molecule has 4 atom stereocenters. The van der Waals surface area contributed by atoms with Crippen LogP contribution >= 0.6 is 69.6 Å². The van der Waals surface area contributed by atoms with Crippen molar-refractivity contribution >= 4 is 135 Å². The third kappa shape index (κ3) is 30.6. The highest BCUT2D eigenvalue weighted by molar-refractivity contribution is 7.90. The second-order valence-electron chi connectivity index (χ2n) is 30.3. The summed E-state index contributed by atoms with van der Waals surface area (Å²) in [6.07, 6.45) is -2.95. The largest absolute Gasteiger partial charge is 0.481 e. The molecule has 0 saturated heterocycles. The first-order valence-electron chi connectivity index (χ1n) is 39.7. The molecule has 3 heterocycles. The number of halogens is 6. The van der Waals surface area contributed by atoms with Crippen LogP contribution < -0.4 is 30.1 Å². The van der Waals surface area contributed by atoms with E-state index in [0.717, 1.165) is 50.1 Å². The van der Waals surface area contributed by atoms with Gasteiger partial charge < -0.3 is 69.3 Å². The van der Waals surface area contributed by atoms with Crippen molar-refractivity contribution in [3.05, 3.63) is 189 Å². The summed E-state index contributed by atoms with van der Waals surface area (Å²) in [7, 11) is -5.94. The number of amides is 3. The Morgan fingerprint density at radius 2 is 0.702 bits per heavy atom. The molecule has 0 unspecified atom stereocenters. The standard InChI is InChI=1S/C83H105Cl6N9O20S3/c1-96-49-69(66-42-59(84)45-75(87)72(66)52-96)55-7-4-10-63(38-55)119(107,108)93-22-28-116-34-31-113-25-19-90-78(100)13-16-83(48-62(99)37-58(82(105)106)41-81(103)104,17-14-79(101)91-20-26-114-32-35-117-29-23-94-120(109,110)64-11-5-8-56(39-64)70-50-97(2)53-73-67(70)43-60(85)46-76(73)88)18-15-80(102)92-21-27-115-33-36-118-30-24-95-121(111,112)65-12-6-9-57(40-65)71-51-98(3)54-74-68(71)44-61(86)47-77(74)89/h4-12,38-40,42-47,58,69-71,93-95H,13-37,41,48-54H2,1-3H3,(H,90,100)(H,91,101)(H,92,102)(H,103,104)(H,105,106)/t58-,69-,70-,71-/m0/s1. The normalized spacial score (nSPS) is 16.2. The van der Waals surface area contributed by atoms with E-state index in [-0.39, 0.29) is 190 Å². The molecule has 6 aromatic rings. The molecule has 0 bridgehead atoms. The maximum atomic E-state index is 14.1. The minimum Gasteiger partial charge on any atom is -0.481 e. The molecular weight excluding hydrogens is 1750 g/mol. The molecule has 6 aromatic carbocycles. The second kappa shape index (κ2) is 47.7. The van der Waals surface area contributed by atoms with E-state index < -0.39 is 96.1 Å². The number of ketones is 1. The summed E-state index contributed by atoms with van der Waals surface area (Å²) in [5.41, 5.74) is 6.65. The predicted molar refractivity (Wildman–Crippen MR) is 461 cm³/mol. The second-order valence-corrected chi connectivity index (χ2v) is 38.1. The van der Waals surface area contributed by atoms with Crippen LogP contribution in [0.15, 0.2) is 124 Å². The molecule has 0 fully saturated rings. The number of hydrogen-bond donors (Lipinski definition) is 8. The van der Waals surface area contributed by atoms with Crippen LogP contribution in [0.25, 0.3) is 0 Å². The van der Waals surface area contributed by atoms with Crippen molar-refractivity contribution in [3.8, 4) is 0 Å². The molecule has 121 heavy (non-hydrogen) atoms. The number of rotatable bonds is 52. The van der Waals surface area contributed by atoms with Crippen molar-refractivity contribution in [2.45, 2.75) is 110 Å². The van der Waals surface area contributed by atoms with Gasteiger partial charge in [0.2, 0.25) is 47.8 Å². The van der Waals surface area contributed by atoms with Gasteiger partial charge in [0.15, 0.2) is 0 Å². The van der Waals surface area contributed by atoms with Gasteiger partial charge in [-0.2, -0.15) is 0 Å². The summed E-state index contributed by atoms with van der Waals surface area (Å²) in [5, 5.41) is 30.9. The number of nitrogens with one attached hydrogen (secondary N) is 6. The monoisotopic (exact) mass is 1850 g/mol. The number of fused-ring (bicyclic) bond motifs is 3. The van der Waals surface area contributed by atoms with E-state index in [1.165, 1.54) is 18.2 Å². The number of nitrogens with zero attached hydrogens (tertiary/aromatic N) is 3. The van der Waals surface area contributed by atoms with Crippen molar-refractivity contribution in [2.75, 3.05) is 159 Å². The number of benzene rings is 6. The first kappa shape index (κ1) is 98.2. The SMILES string of the molecule is CN1Cc2c(Cl)cc(Cl)cc2[C@H](c2cccc(S(=O)(=O)NCCOCCOCCNC(=O)CCC(CCC(=O)NCCOCCOCCNS(=O)(=O)c3cccc([C@@H]4CN(C)Cc5c(Cl)cc(Cl)cc54)c3)(CCC(=O)NCCOCCOCCNS(=O)(=O)c3cccc([C@@H]4CN(C)Cc5c(Cl)cc(Cl)cc54)c3)CC(=O)C[C@@H](CC(=O)O)C(=O)O)c2)C1. The van der Waals surface area contributed by atoms with Crippen molar-refractivity contribution < 1.29 is 92.7 Å². The van der Waals surface area contributed by atoms with Gasteiger partial charge in [-0.25, -0.2) is 39.4 Å². The molecule has 0 spiro atoms. The lowest BCUT2D eigenvalue weighted by Crippen LogP contribution is -2.35. The van der Waals surface area contributed by atoms with Crippen LogP contribution in [0.3, 0.4) is 0 Å². The number of ether oxygens (including phenoxy) is 6. The fourth-order valence-corrected chi connectivity index (χ4v) is 20.0. The van der Waals surface area contributed by atoms with Crippen LogP contribution in [0.2, 0.25) is 30.1 Å². The molecule has 0 aromatic heterocycles. The Morgan fingerprint density at radius 3 is 0.983 bits per heavy atom. The lowest BCUT2D eigenvalue weighted by molar-refractivity contribution is -0.149. The molecule has 3 aliphatic heterocycles. The number of likely N-dealkylation sites (N-methyl/N-ethyl adjacent to an activating group) is 3. The van der Waals surface area contributed by atoms with E-state index in [1.54, 1.807) is 54.6 Å². The van der Waals surface area contributed by atoms with Crippen LogP contribution in [-0.4, -0.2) is 245 Å². The van der Waals surface area contributed by atoms with Gasteiger partial charge in [0.25, 0.3) is 0 Å². The Bertz CT molecular complexity index is 4490. The van der Waals surface area contributed by atoms with Gasteiger partial charge in [-0.05, 0) is 169 Å². The molecule has 0 radical (unpaired) electrons. The predicted octanol–water partition coefficient (Wildman–Crippen LogP) is 9.87. The summed E-state index contributed by atoms with van der Waals surface area (Å²) in [6, 6.07) is 30.8. The van der Waals surface area contributed by atoms with E-state index in [2.05, 4.69) is 44.8 Å². The van der Waals surface area contributed by atoms with Crippen molar-refractivity contribution in [1.29, 1.82) is 0 Å². The highest BCUT2D eigenvalue weighted by Crippen LogP contribution is 2.44. The topological polar surface area (TPSA) is 383 Å². The zero-order chi connectivity index (χ0) is 87.4. The fraction of sp³-hybridized carbons (Fsp3) is 0.494. The van der Waals surface area contributed by atoms with Gasteiger partial charge in [-0.3, -0.25) is 28.8 Å². The van der Waals surface area contributed by atoms with Crippen molar-refractivity contribution in [1.82, 2.24) is 44.8 Å². The minimum absolute atomic E-state index is 0.0138. The van der Waals surface area contributed by atoms with E-state index in [4.69, 9.17) is 98.0 Å². The highest BCUT2D eigenvalue weighted by atomic mass is 35.5. The number of carboxylic acids is 2. The van der Waals surface area contributed by atoms with Crippen molar-refractivity contribution in [3.63, 3.8) is 0 Å². The van der Waals surface area contributed by atoms with Gasteiger partial charge >= 0.3 is 11.9 Å².